The number of alkyl halides is 1. The molecular weight excluding hydrogens is 290 g/mol. The highest BCUT2D eigenvalue weighted by molar-refractivity contribution is 9.09. The number of hydrogen-bond acceptors (Lipinski definition) is 3. The van der Waals surface area contributed by atoms with Crippen LogP contribution in [0.3, 0.4) is 0 Å². The third kappa shape index (κ3) is 2.35. The quantitative estimate of drug-likeness (QED) is 0.838. The summed E-state index contributed by atoms with van der Waals surface area (Å²) in [6.07, 6.45) is 3.01. The molecule has 1 aromatic heterocycles. The van der Waals surface area contributed by atoms with Crippen LogP contribution < -0.4 is 10.6 Å². The predicted molar refractivity (Wildman–Crippen MR) is 79.4 cm³/mol. The summed E-state index contributed by atoms with van der Waals surface area (Å²) in [5, 5.41) is 9.38. The lowest BCUT2D eigenvalue weighted by Gasteiger charge is -2.29. The second kappa shape index (κ2) is 5.24. The van der Waals surface area contributed by atoms with Crippen molar-refractivity contribution in [1.82, 2.24) is 10.3 Å². The number of benzene rings is 1. The van der Waals surface area contributed by atoms with Gasteiger partial charge in [0.15, 0.2) is 0 Å². The minimum absolute atomic E-state index is 0.386. The zero-order valence-electron chi connectivity index (χ0n) is 10.1. The molecule has 94 valence electrons. The van der Waals surface area contributed by atoms with Crippen molar-refractivity contribution in [3.63, 3.8) is 0 Å². The number of fused-ring (bicyclic) bond motifs is 1. The van der Waals surface area contributed by atoms with Gasteiger partial charge >= 0.3 is 0 Å². The summed E-state index contributed by atoms with van der Waals surface area (Å²) in [6, 6.07) is 10.8. The van der Waals surface area contributed by atoms with E-state index in [1.54, 1.807) is 0 Å². The van der Waals surface area contributed by atoms with E-state index in [4.69, 9.17) is 0 Å². The average molecular weight is 306 g/mol. The van der Waals surface area contributed by atoms with Gasteiger partial charge in [-0.25, -0.2) is 4.98 Å². The predicted octanol–water partition coefficient (Wildman–Crippen LogP) is 2.77. The number of pyridine rings is 1. The van der Waals surface area contributed by atoms with Crippen molar-refractivity contribution >= 4 is 32.5 Å². The Balaban J connectivity index is 1.90. The molecule has 3 nitrogen and oxygen atoms in total. The largest absolute Gasteiger partial charge is 0.364 e. The van der Waals surface area contributed by atoms with Crippen molar-refractivity contribution in [3.8, 4) is 0 Å². The van der Waals surface area contributed by atoms with Gasteiger partial charge in [0.2, 0.25) is 0 Å². The Labute approximate surface area is 115 Å². The van der Waals surface area contributed by atoms with Gasteiger partial charge in [-0.1, -0.05) is 40.2 Å². The van der Waals surface area contributed by atoms with Crippen LogP contribution >= 0.6 is 15.9 Å². The summed E-state index contributed by atoms with van der Waals surface area (Å²) in [4.78, 5) is 4.98. The third-order valence-electron chi connectivity index (χ3n) is 3.39. The lowest BCUT2D eigenvalue weighted by Crippen LogP contribution is -2.45. The number of anilines is 1. The fourth-order valence-electron chi connectivity index (χ4n) is 2.38. The van der Waals surface area contributed by atoms with Crippen molar-refractivity contribution in [1.29, 1.82) is 0 Å². The normalized spacial score (nSPS) is 24.1. The fourth-order valence-corrected chi connectivity index (χ4v) is 2.93. The molecule has 1 fully saturated rings. The van der Waals surface area contributed by atoms with E-state index in [2.05, 4.69) is 55.8 Å². The van der Waals surface area contributed by atoms with E-state index >= 15 is 0 Å². The van der Waals surface area contributed by atoms with Gasteiger partial charge < -0.3 is 10.6 Å². The lowest BCUT2D eigenvalue weighted by atomic mass is 10.1. The van der Waals surface area contributed by atoms with Crippen LogP contribution in [0.1, 0.15) is 6.42 Å². The maximum Gasteiger partial charge on any atom is 0.134 e. The zero-order chi connectivity index (χ0) is 12.4. The van der Waals surface area contributed by atoms with E-state index < -0.39 is 0 Å². The van der Waals surface area contributed by atoms with Crippen molar-refractivity contribution in [2.75, 3.05) is 18.4 Å². The second-order valence-electron chi connectivity index (χ2n) is 4.64. The summed E-state index contributed by atoms with van der Waals surface area (Å²) >= 11 is 3.75. The molecule has 2 unspecified atom stereocenters. The molecule has 0 spiro atoms. The molecule has 3 rings (SSSR count). The summed E-state index contributed by atoms with van der Waals surface area (Å²) in [5.41, 5.74) is 0. The Morgan fingerprint density at radius 3 is 3.06 bits per heavy atom. The van der Waals surface area contributed by atoms with E-state index in [0.29, 0.717) is 10.9 Å². The number of nitrogens with one attached hydrogen (secondary N) is 2. The van der Waals surface area contributed by atoms with Gasteiger partial charge in [-0.2, -0.15) is 0 Å². The van der Waals surface area contributed by atoms with Crippen LogP contribution in [0.4, 0.5) is 5.82 Å². The molecule has 18 heavy (non-hydrogen) atoms. The van der Waals surface area contributed by atoms with Gasteiger partial charge in [0.25, 0.3) is 0 Å². The average Bonchev–Trinajstić information content (AvgIpc) is 2.42. The first-order chi connectivity index (χ1) is 8.84. The van der Waals surface area contributed by atoms with Gasteiger partial charge in [-0.05, 0) is 24.4 Å². The summed E-state index contributed by atoms with van der Waals surface area (Å²) in [6.45, 7) is 2.05. The number of aromatic nitrogens is 1. The van der Waals surface area contributed by atoms with E-state index in [-0.39, 0.29) is 0 Å². The Bertz CT molecular complexity index is 538. The highest BCUT2D eigenvalue weighted by atomic mass is 79.9. The first-order valence-corrected chi connectivity index (χ1v) is 7.21. The van der Waals surface area contributed by atoms with Crippen LogP contribution in [0.15, 0.2) is 36.5 Å². The van der Waals surface area contributed by atoms with Crippen molar-refractivity contribution in [3.05, 3.63) is 36.5 Å². The highest BCUT2D eigenvalue weighted by Crippen LogP contribution is 2.23. The first-order valence-electron chi connectivity index (χ1n) is 6.29. The molecule has 1 aliphatic heterocycles. The Hall–Kier alpha value is -1.13. The standard InChI is InChI=1S/C14H16BrN3/c15-12-6-7-16-9-13(12)18-14-11-4-2-1-3-10(11)5-8-17-14/h1-5,8,12-13,16H,6-7,9H2,(H,17,18). The minimum Gasteiger partial charge on any atom is -0.364 e. The molecule has 1 aliphatic rings. The molecule has 4 heteroatoms. The van der Waals surface area contributed by atoms with Crippen molar-refractivity contribution in [2.45, 2.75) is 17.3 Å². The summed E-state index contributed by atoms with van der Waals surface area (Å²) in [5.74, 6) is 0.978. The number of rotatable bonds is 2. The van der Waals surface area contributed by atoms with Crippen molar-refractivity contribution in [2.24, 2.45) is 0 Å². The molecular formula is C14H16BrN3. The van der Waals surface area contributed by atoms with Crippen LogP contribution in [0, 0.1) is 0 Å². The molecule has 2 N–H and O–H groups in total. The van der Waals surface area contributed by atoms with Gasteiger partial charge in [-0.15, -0.1) is 0 Å². The number of hydrogen-bond donors (Lipinski definition) is 2. The SMILES string of the molecule is BrC1CCNCC1Nc1nccc2ccccc12. The first kappa shape index (κ1) is 11.9. The molecule has 2 aromatic rings. The molecule has 1 saturated heterocycles. The molecule has 0 amide bonds. The Kier molecular flexibility index (Phi) is 3.48. The van der Waals surface area contributed by atoms with Crippen LogP contribution in [-0.4, -0.2) is 28.9 Å². The summed E-state index contributed by atoms with van der Waals surface area (Å²) in [7, 11) is 0. The monoisotopic (exact) mass is 305 g/mol. The Morgan fingerprint density at radius 2 is 2.17 bits per heavy atom. The maximum atomic E-state index is 4.48. The molecule has 0 aliphatic carbocycles. The minimum atomic E-state index is 0.386. The van der Waals surface area contributed by atoms with Crippen molar-refractivity contribution < 1.29 is 0 Å². The third-order valence-corrected chi connectivity index (χ3v) is 4.49. The molecule has 2 heterocycles. The topological polar surface area (TPSA) is 37.0 Å². The van der Waals surface area contributed by atoms with Crippen LogP contribution in [-0.2, 0) is 0 Å². The van der Waals surface area contributed by atoms with Gasteiger partial charge in [0.1, 0.15) is 5.82 Å². The van der Waals surface area contributed by atoms with Crippen LogP contribution in [0.25, 0.3) is 10.8 Å². The summed E-state index contributed by atoms with van der Waals surface area (Å²) < 4.78 is 0. The van der Waals surface area contributed by atoms with Gasteiger partial charge in [-0.3, -0.25) is 0 Å². The maximum absolute atomic E-state index is 4.48. The number of piperidine rings is 1. The molecule has 2 atom stereocenters. The zero-order valence-corrected chi connectivity index (χ0v) is 11.7. The highest BCUT2D eigenvalue weighted by Gasteiger charge is 2.22. The molecule has 0 bridgehead atoms. The lowest BCUT2D eigenvalue weighted by molar-refractivity contribution is 0.496. The number of halogens is 1. The van der Waals surface area contributed by atoms with Gasteiger partial charge in [0.05, 0.1) is 6.04 Å². The molecule has 1 aromatic carbocycles. The van der Waals surface area contributed by atoms with E-state index in [1.807, 2.05) is 12.3 Å². The van der Waals surface area contributed by atoms with Crippen LogP contribution in [0.2, 0.25) is 0 Å². The number of nitrogens with zero attached hydrogens (tertiary/aromatic N) is 1. The Morgan fingerprint density at radius 1 is 1.28 bits per heavy atom. The molecule has 0 radical (unpaired) electrons. The van der Waals surface area contributed by atoms with E-state index in [9.17, 15) is 0 Å². The van der Waals surface area contributed by atoms with E-state index in [0.717, 1.165) is 25.3 Å². The second-order valence-corrected chi connectivity index (χ2v) is 5.82. The van der Waals surface area contributed by atoms with Crippen LogP contribution in [0.5, 0.6) is 0 Å². The fraction of sp³-hybridized carbons (Fsp3) is 0.357. The van der Waals surface area contributed by atoms with Gasteiger partial charge in [0, 0.05) is 23.0 Å². The smallest absolute Gasteiger partial charge is 0.134 e. The molecule has 0 saturated carbocycles. The van der Waals surface area contributed by atoms with E-state index in [1.165, 1.54) is 10.8 Å².